The minimum absolute atomic E-state index is 0.00648. The van der Waals surface area contributed by atoms with E-state index in [4.69, 9.17) is 11.6 Å². The van der Waals surface area contributed by atoms with Crippen LogP contribution in [-0.2, 0) is 10.0 Å². The molecule has 130 valence electrons. The van der Waals surface area contributed by atoms with Crippen molar-refractivity contribution in [1.82, 2.24) is 14.3 Å². The predicted molar refractivity (Wildman–Crippen MR) is 99.8 cm³/mol. The maximum atomic E-state index is 12.6. The minimum Gasteiger partial charge on any atom is -0.252 e. The summed E-state index contributed by atoms with van der Waals surface area (Å²) in [4.78, 5) is 16.6. The van der Waals surface area contributed by atoms with E-state index in [0.29, 0.717) is 10.4 Å². The normalized spacial score (nSPS) is 11.7. The van der Waals surface area contributed by atoms with E-state index < -0.39 is 16.1 Å². The fourth-order valence-corrected chi connectivity index (χ4v) is 3.91. The number of carbonyl (C=O) groups excluding carboxylic acids is 1. The lowest BCUT2D eigenvalue weighted by Crippen LogP contribution is -2.33. The van der Waals surface area contributed by atoms with Gasteiger partial charge in [0.15, 0.2) is 0 Å². The van der Waals surface area contributed by atoms with E-state index >= 15 is 0 Å². The second-order valence-electron chi connectivity index (χ2n) is 5.64. The van der Waals surface area contributed by atoms with E-state index in [9.17, 15) is 13.2 Å². The Morgan fingerprint density at radius 3 is 2.62 bits per heavy atom. The SMILES string of the molecule is O=C(NS(=O)(=O)c1ccc2ccccc2c1)n1ccc2c(Cl)ccnc21. The summed E-state index contributed by atoms with van der Waals surface area (Å²) in [6.45, 7) is 0. The molecule has 0 aliphatic rings. The molecule has 1 N–H and O–H groups in total. The number of rotatable bonds is 2. The van der Waals surface area contributed by atoms with Gasteiger partial charge in [-0.05, 0) is 35.0 Å². The first-order chi connectivity index (χ1) is 12.5. The highest BCUT2D eigenvalue weighted by molar-refractivity contribution is 7.90. The Morgan fingerprint density at radius 2 is 1.81 bits per heavy atom. The van der Waals surface area contributed by atoms with Crippen LogP contribution < -0.4 is 4.72 Å². The van der Waals surface area contributed by atoms with Crippen LogP contribution in [0.1, 0.15) is 0 Å². The first-order valence-electron chi connectivity index (χ1n) is 7.63. The lowest BCUT2D eigenvalue weighted by Gasteiger charge is -2.09. The van der Waals surface area contributed by atoms with E-state index in [-0.39, 0.29) is 10.5 Å². The molecule has 0 radical (unpaired) electrons. The molecule has 0 bridgehead atoms. The summed E-state index contributed by atoms with van der Waals surface area (Å²) in [5.41, 5.74) is 0.281. The van der Waals surface area contributed by atoms with Gasteiger partial charge in [-0.2, -0.15) is 0 Å². The summed E-state index contributed by atoms with van der Waals surface area (Å²) in [5.74, 6) is 0. The third kappa shape index (κ3) is 2.81. The lowest BCUT2D eigenvalue weighted by molar-refractivity contribution is 0.248. The number of fused-ring (bicyclic) bond motifs is 2. The first kappa shape index (κ1) is 16.6. The molecule has 2 heterocycles. The number of benzene rings is 2. The monoisotopic (exact) mass is 385 g/mol. The molecule has 0 spiro atoms. The van der Waals surface area contributed by atoms with Gasteiger partial charge in [-0.3, -0.25) is 4.57 Å². The summed E-state index contributed by atoms with van der Waals surface area (Å²) in [5, 5.41) is 2.67. The fraction of sp³-hybridized carbons (Fsp3) is 0. The number of pyridine rings is 1. The number of sulfonamides is 1. The van der Waals surface area contributed by atoms with Crippen molar-refractivity contribution in [3.63, 3.8) is 0 Å². The van der Waals surface area contributed by atoms with Crippen molar-refractivity contribution >= 4 is 49.5 Å². The topological polar surface area (TPSA) is 81.1 Å². The van der Waals surface area contributed by atoms with Gasteiger partial charge in [0.1, 0.15) is 5.65 Å². The Kier molecular flexibility index (Phi) is 3.90. The Bertz CT molecular complexity index is 1270. The number of nitrogens with zero attached hydrogens (tertiary/aromatic N) is 2. The number of nitrogens with one attached hydrogen (secondary N) is 1. The quantitative estimate of drug-likeness (QED) is 0.569. The zero-order valence-corrected chi connectivity index (χ0v) is 14.8. The van der Waals surface area contributed by atoms with Crippen molar-refractivity contribution in [2.45, 2.75) is 4.90 Å². The zero-order valence-electron chi connectivity index (χ0n) is 13.3. The van der Waals surface area contributed by atoms with Crippen molar-refractivity contribution in [2.75, 3.05) is 0 Å². The standard InChI is InChI=1S/C18H12ClN3O3S/c19-16-7-9-20-17-15(16)8-10-22(17)18(23)21-26(24,25)14-6-5-12-3-1-2-4-13(12)11-14/h1-11H,(H,21,23). The third-order valence-corrected chi connectivity index (χ3v) is 5.65. The number of amides is 1. The van der Waals surface area contributed by atoms with Crippen molar-refractivity contribution < 1.29 is 13.2 Å². The second kappa shape index (κ2) is 6.12. The van der Waals surface area contributed by atoms with Crippen LogP contribution in [0.5, 0.6) is 0 Å². The maximum Gasteiger partial charge on any atom is 0.341 e. The number of aromatic nitrogens is 2. The molecule has 6 nitrogen and oxygen atoms in total. The molecule has 8 heteroatoms. The van der Waals surface area contributed by atoms with Crippen LogP contribution in [0.15, 0.2) is 71.9 Å². The Hall–Kier alpha value is -2.90. The fourth-order valence-electron chi connectivity index (χ4n) is 2.73. The lowest BCUT2D eigenvalue weighted by atomic mass is 10.1. The summed E-state index contributed by atoms with van der Waals surface area (Å²) in [6.07, 6.45) is 2.88. The van der Waals surface area contributed by atoms with Gasteiger partial charge < -0.3 is 0 Å². The maximum absolute atomic E-state index is 12.6. The highest BCUT2D eigenvalue weighted by Gasteiger charge is 2.20. The summed E-state index contributed by atoms with van der Waals surface area (Å²) >= 11 is 6.06. The molecule has 0 unspecified atom stereocenters. The Balaban J connectivity index is 1.70. The predicted octanol–water partition coefficient (Wildman–Crippen LogP) is 3.79. The largest absolute Gasteiger partial charge is 0.341 e. The smallest absolute Gasteiger partial charge is 0.252 e. The van der Waals surface area contributed by atoms with E-state index in [0.717, 1.165) is 15.3 Å². The molecule has 0 aliphatic carbocycles. The number of hydrogen-bond acceptors (Lipinski definition) is 4. The zero-order chi connectivity index (χ0) is 18.3. The van der Waals surface area contributed by atoms with Crippen LogP contribution in [0.25, 0.3) is 21.8 Å². The third-order valence-electron chi connectivity index (χ3n) is 4.01. The summed E-state index contributed by atoms with van der Waals surface area (Å²) < 4.78 is 28.4. The van der Waals surface area contributed by atoms with E-state index in [1.165, 1.54) is 24.5 Å². The highest BCUT2D eigenvalue weighted by atomic mass is 35.5. The van der Waals surface area contributed by atoms with Crippen LogP contribution in [0, 0.1) is 0 Å². The molecule has 0 fully saturated rings. The number of carbonyl (C=O) groups is 1. The van der Waals surface area contributed by atoms with Crippen LogP contribution in [0.2, 0.25) is 5.02 Å². The molecule has 0 aliphatic heterocycles. The summed E-state index contributed by atoms with van der Waals surface area (Å²) in [7, 11) is -4.04. The molecule has 1 amide bonds. The highest BCUT2D eigenvalue weighted by Crippen LogP contribution is 2.23. The van der Waals surface area contributed by atoms with Gasteiger partial charge >= 0.3 is 6.03 Å². The second-order valence-corrected chi connectivity index (χ2v) is 7.73. The van der Waals surface area contributed by atoms with Crippen molar-refractivity contribution in [2.24, 2.45) is 0 Å². The average molecular weight is 386 g/mol. The van der Waals surface area contributed by atoms with Crippen LogP contribution in [0.4, 0.5) is 4.79 Å². The van der Waals surface area contributed by atoms with Crippen LogP contribution in [0.3, 0.4) is 0 Å². The van der Waals surface area contributed by atoms with Gasteiger partial charge in [0.2, 0.25) is 0 Å². The van der Waals surface area contributed by atoms with Crippen molar-refractivity contribution in [3.05, 3.63) is 72.0 Å². The Morgan fingerprint density at radius 1 is 1.04 bits per heavy atom. The number of halogens is 1. The molecule has 2 aromatic heterocycles. The molecule has 26 heavy (non-hydrogen) atoms. The van der Waals surface area contributed by atoms with Crippen molar-refractivity contribution in [1.29, 1.82) is 0 Å². The molecule has 0 saturated carbocycles. The van der Waals surface area contributed by atoms with Crippen LogP contribution in [-0.4, -0.2) is 24.0 Å². The van der Waals surface area contributed by atoms with Gasteiger partial charge in [-0.15, -0.1) is 0 Å². The summed E-state index contributed by atoms with van der Waals surface area (Å²) in [6, 6.07) is 14.4. The molecule has 4 rings (SSSR count). The van der Waals surface area contributed by atoms with Gasteiger partial charge in [0.05, 0.1) is 9.92 Å². The molecule has 0 saturated heterocycles. The van der Waals surface area contributed by atoms with E-state index in [1.807, 2.05) is 24.3 Å². The van der Waals surface area contributed by atoms with Crippen LogP contribution >= 0.6 is 11.6 Å². The van der Waals surface area contributed by atoms with Gasteiger partial charge in [0, 0.05) is 17.8 Å². The van der Waals surface area contributed by atoms with Crippen molar-refractivity contribution in [3.8, 4) is 0 Å². The van der Waals surface area contributed by atoms with Gasteiger partial charge in [0.25, 0.3) is 10.0 Å². The molecule has 2 aromatic carbocycles. The Labute approximate surface area is 154 Å². The molecule has 4 aromatic rings. The van der Waals surface area contributed by atoms with Gasteiger partial charge in [-0.1, -0.05) is 41.9 Å². The van der Waals surface area contributed by atoms with Gasteiger partial charge in [-0.25, -0.2) is 22.9 Å². The van der Waals surface area contributed by atoms with E-state index in [1.54, 1.807) is 18.2 Å². The van der Waals surface area contributed by atoms with E-state index in [2.05, 4.69) is 9.71 Å². The molecule has 0 atom stereocenters. The average Bonchev–Trinajstić information content (AvgIpc) is 3.06. The molecular weight excluding hydrogens is 374 g/mol. The number of hydrogen-bond donors (Lipinski definition) is 1. The minimum atomic E-state index is -4.04. The molecular formula is C18H12ClN3O3S. The first-order valence-corrected chi connectivity index (χ1v) is 9.49.